The normalized spacial score (nSPS) is 19.2. The number of fused-ring (bicyclic) bond motifs is 1. The average molecular weight is 370 g/mol. The highest BCUT2D eigenvalue weighted by atomic mass is 32.2. The van der Waals surface area contributed by atoms with Crippen LogP contribution in [0.5, 0.6) is 11.5 Å². The van der Waals surface area contributed by atoms with Crippen LogP contribution in [-0.4, -0.2) is 58.4 Å². The lowest BCUT2D eigenvalue weighted by Crippen LogP contribution is -2.41. The van der Waals surface area contributed by atoms with Crippen molar-refractivity contribution in [2.75, 3.05) is 33.0 Å². The summed E-state index contributed by atoms with van der Waals surface area (Å²) in [5.74, 6) is 0.836. The third-order valence-electron chi connectivity index (χ3n) is 4.22. The van der Waals surface area contributed by atoms with E-state index in [0.29, 0.717) is 31.2 Å². The first-order valence-corrected chi connectivity index (χ1v) is 9.70. The van der Waals surface area contributed by atoms with Crippen LogP contribution in [0.15, 0.2) is 23.1 Å². The Bertz CT molecular complexity index is 730. The van der Waals surface area contributed by atoms with Gasteiger partial charge in [0.2, 0.25) is 22.7 Å². The van der Waals surface area contributed by atoms with Gasteiger partial charge in [0, 0.05) is 39.2 Å². The number of benzene rings is 1. The molecule has 0 bridgehead atoms. The molecule has 0 radical (unpaired) electrons. The molecule has 1 fully saturated rings. The summed E-state index contributed by atoms with van der Waals surface area (Å²) >= 11 is 0. The highest BCUT2D eigenvalue weighted by Crippen LogP contribution is 2.33. The molecule has 1 amide bonds. The molecule has 1 N–H and O–H groups in total. The largest absolute Gasteiger partial charge is 0.454 e. The molecule has 3 rings (SSSR count). The predicted molar refractivity (Wildman–Crippen MR) is 89.0 cm³/mol. The zero-order valence-electron chi connectivity index (χ0n) is 14.1. The number of nitrogens with one attached hydrogen (secondary N) is 1. The van der Waals surface area contributed by atoms with Crippen LogP contribution in [0.25, 0.3) is 0 Å². The molecule has 2 aliphatic rings. The minimum absolute atomic E-state index is 0.0365. The number of nitrogens with zero attached hydrogens (tertiary/aromatic N) is 1. The highest BCUT2D eigenvalue weighted by Gasteiger charge is 2.23. The Morgan fingerprint density at radius 1 is 1.32 bits per heavy atom. The van der Waals surface area contributed by atoms with Crippen molar-refractivity contribution in [1.29, 1.82) is 0 Å². The second-order valence-corrected chi connectivity index (χ2v) is 7.78. The van der Waals surface area contributed by atoms with Gasteiger partial charge in [0.1, 0.15) is 0 Å². The van der Waals surface area contributed by atoms with Crippen molar-refractivity contribution in [1.82, 2.24) is 9.62 Å². The van der Waals surface area contributed by atoms with E-state index in [9.17, 15) is 13.2 Å². The van der Waals surface area contributed by atoms with Gasteiger partial charge in [-0.1, -0.05) is 0 Å². The molecular weight excluding hydrogens is 348 g/mol. The fraction of sp³-hybridized carbons (Fsp3) is 0.562. The van der Waals surface area contributed by atoms with Crippen LogP contribution in [0.3, 0.4) is 0 Å². The summed E-state index contributed by atoms with van der Waals surface area (Å²) in [6.07, 6.45) is 1.95. The molecule has 0 aromatic heterocycles. The number of sulfonamides is 1. The summed E-state index contributed by atoms with van der Waals surface area (Å²) in [7, 11) is -3.69. The van der Waals surface area contributed by atoms with Crippen LogP contribution in [0, 0.1) is 0 Å². The lowest BCUT2D eigenvalue weighted by molar-refractivity contribution is -0.130. The number of amides is 1. The second-order valence-electron chi connectivity index (χ2n) is 6.01. The molecule has 1 atom stereocenters. The smallest absolute Gasteiger partial charge is 0.240 e. The maximum absolute atomic E-state index is 12.4. The summed E-state index contributed by atoms with van der Waals surface area (Å²) < 4.78 is 43.2. The van der Waals surface area contributed by atoms with Crippen molar-refractivity contribution < 1.29 is 27.4 Å². The van der Waals surface area contributed by atoms with Gasteiger partial charge in [-0.05, 0) is 25.0 Å². The van der Waals surface area contributed by atoms with E-state index in [1.54, 1.807) is 11.0 Å². The van der Waals surface area contributed by atoms with Crippen LogP contribution < -0.4 is 14.2 Å². The molecule has 0 saturated carbocycles. The minimum Gasteiger partial charge on any atom is -0.454 e. The van der Waals surface area contributed by atoms with Crippen LogP contribution >= 0.6 is 0 Å². The first-order chi connectivity index (χ1) is 12.0. The molecule has 9 heteroatoms. The SMILES string of the molecule is CC(=O)N(CCNS(=O)(=O)c1ccc2c(c1)OCO2)CC1CCCO1. The monoisotopic (exact) mass is 370 g/mol. The molecule has 0 spiro atoms. The van der Waals surface area contributed by atoms with Gasteiger partial charge in [0.25, 0.3) is 0 Å². The van der Waals surface area contributed by atoms with E-state index in [1.807, 2.05) is 0 Å². The van der Waals surface area contributed by atoms with E-state index in [2.05, 4.69) is 4.72 Å². The number of hydrogen-bond donors (Lipinski definition) is 1. The molecule has 25 heavy (non-hydrogen) atoms. The molecule has 138 valence electrons. The molecular formula is C16H22N2O6S. The minimum atomic E-state index is -3.69. The maximum Gasteiger partial charge on any atom is 0.240 e. The Balaban J connectivity index is 1.56. The van der Waals surface area contributed by atoms with Crippen molar-refractivity contribution in [3.05, 3.63) is 18.2 Å². The fourth-order valence-corrected chi connectivity index (χ4v) is 3.89. The van der Waals surface area contributed by atoms with E-state index >= 15 is 0 Å². The standard InChI is InChI=1S/C16H22N2O6S/c1-12(19)18(10-13-3-2-8-22-13)7-6-17-25(20,21)14-4-5-15-16(9-14)24-11-23-15/h4-5,9,13,17H,2-3,6-8,10-11H2,1H3. The van der Waals surface area contributed by atoms with Gasteiger partial charge in [-0.2, -0.15) is 0 Å². The molecule has 2 aliphatic heterocycles. The zero-order chi connectivity index (χ0) is 17.9. The van der Waals surface area contributed by atoms with Crippen LogP contribution in [0.4, 0.5) is 0 Å². The van der Waals surface area contributed by atoms with Gasteiger partial charge in [-0.15, -0.1) is 0 Å². The second kappa shape index (κ2) is 7.59. The topological polar surface area (TPSA) is 94.2 Å². The van der Waals surface area contributed by atoms with Crippen LogP contribution in [-0.2, 0) is 19.6 Å². The van der Waals surface area contributed by atoms with Gasteiger partial charge in [0.05, 0.1) is 11.0 Å². The van der Waals surface area contributed by atoms with Gasteiger partial charge in [-0.3, -0.25) is 4.79 Å². The first kappa shape index (κ1) is 18.0. The fourth-order valence-electron chi connectivity index (χ4n) is 2.85. The summed E-state index contributed by atoms with van der Waals surface area (Å²) in [5.41, 5.74) is 0. The van der Waals surface area contributed by atoms with E-state index in [-0.39, 0.29) is 30.2 Å². The zero-order valence-corrected chi connectivity index (χ0v) is 14.9. The Morgan fingerprint density at radius 2 is 2.12 bits per heavy atom. The van der Waals surface area contributed by atoms with Crippen molar-refractivity contribution in [3.63, 3.8) is 0 Å². The molecule has 1 aromatic carbocycles. The van der Waals surface area contributed by atoms with Crippen molar-refractivity contribution in [2.24, 2.45) is 0 Å². The third-order valence-corrected chi connectivity index (χ3v) is 5.68. The van der Waals surface area contributed by atoms with E-state index in [0.717, 1.165) is 12.8 Å². The number of carbonyl (C=O) groups excluding carboxylic acids is 1. The number of hydrogen-bond acceptors (Lipinski definition) is 6. The Hall–Kier alpha value is -1.84. The van der Waals surface area contributed by atoms with Crippen LogP contribution in [0.1, 0.15) is 19.8 Å². The van der Waals surface area contributed by atoms with Gasteiger partial charge in [-0.25, -0.2) is 13.1 Å². The summed E-state index contributed by atoms with van der Waals surface area (Å²) in [5, 5.41) is 0. The lowest BCUT2D eigenvalue weighted by atomic mass is 10.2. The van der Waals surface area contributed by atoms with Gasteiger partial charge in [0.15, 0.2) is 11.5 Å². The molecule has 1 unspecified atom stereocenters. The number of ether oxygens (including phenoxy) is 3. The average Bonchev–Trinajstić information content (AvgIpc) is 3.24. The van der Waals surface area contributed by atoms with Crippen LogP contribution in [0.2, 0.25) is 0 Å². The van der Waals surface area contributed by atoms with E-state index in [4.69, 9.17) is 14.2 Å². The predicted octanol–water partition coefficient (Wildman–Crippen LogP) is 0.721. The first-order valence-electron chi connectivity index (χ1n) is 8.22. The lowest BCUT2D eigenvalue weighted by Gasteiger charge is -2.24. The van der Waals surface area contributed by atoms with Crippen molar-refractivity contribution in [3.8, 4) is 11.5 Å². The summed E-state index contributed by atoms with van der Waals surface area (Å²) in [4.78, 5) is 13.5. The van der Waals surface area contributed by atoms with E-state index in [1.165, 1.54) is 19.1 Å². The quantitative estimate of drug-likeness (QED) is 0.760. The van der Waals surface area contributed by atoms with E-state index < -0.39 is 10.0 Å². The molecule has 8 nitrogen and oxygen atoms in total. The molecule has 0 aliphatic carbocycles. The number of rotatable bonds is 7. The van der Waals surface area contributed by atoms with Crippen molar-refractivity contribution in [2.45, 2.75) is 30.8 Å². The molecule has 1 saturated heterocycles. The Labute approximate surface area is 147 Å². The summed E-state index contributed by atoms with van der Waals surface area (Å²) in [6.45, 7) is 3.18. The highest BCUT2D eigenvalue weighted by molar-refractivity contribution is 7.89. The van der Waals surface area contributed by atoms with Crippen molar-refractivity contribution >= 4 is 15.9 Å². The number of carbonyl (C=O) groups is 1. The Kier molecular flexibility index (Phi) is 5.45. The Morgan fingerprint density at radius 3 is 2.84 bits per heavy atom. The maximum atomic E-state index is 12.4. The van der Waals surface area contributed by atoms with Gasteiger partial charge < -0.3 is 19.1 Å². The molecule has 1 aromatic rings. The molecule has 2 heterocycles. The third kappa shape index (κ3) is 4.42. The summed E-state index contributed by atoms with van der Waals surface area (Å²) in [6, 6.07) is 4.46. The van der Waals surface area contributed by atoms with Gasteiger partial charge >= 0.3 is 0 Å².